The molecule has 10 nitrogen and oxygen atoms in total. The van der Waals surface area contributed by atoms with Crippen molar-refractivity contribution in [2.24, 2.45) is 0 Å². The van der Waals surface area contributed by atoms with E-state index in [2.05, 4.69) is 63.0 Å². The molecule has 1 aromatic rings. The molecule has 4 amide bonds. The van der Waals surface area contributed by atoms with Crippen LogP contribution in [0.25, 0.3) is 0 Å². The number of halogens is 2. The number of hydrogen-bond donors (Lipinski definition) is 4. The first-order chi connectivity index (χ1) is 12.3. The monoisotopic (exact) mass is 494 g/mol. The minimum absolute atomic E-state index is 0.142. The van der Waals surface area contributed by atoms with E-state index in [1.165, 1.54) is 12.1 Å². The normalized spacial score (nSPS) is 9.69. The molecule has 0 spiro atoms. The first kappa shape index (κ1) is 21.7. The number of hydrazine groups is 2. The fourth-order valence-electron chi connectivity index (χ4n) is 1.58. The lowest BCUT2D eigenvalue weighted by atomic mass is 10.1. The number of benzene rings is 1. The van der Waals surface area contributed by atoms with Crippen molar-refractivity contribution >= 4 is 55.9 Å². The second kappa shape index (κ2) is 10.6. The van der Waals surface area contributed by atoms with Crippen LogP contribution in [0.5, 0.6) is 0 Å². The molecule has 142 valence electrons. The highest BCUT2D eigenvalue weighted by Gasteiger charge is 2.18. The van der Waals surface area contributed by atoms with Gasteiger partial charge in [-0.2, -0.15) is 0 Å². The zero-order valence-corrected chi connectivity index (χ0v) is 16.9. The smallest absolute Gasteiger partial charge is 0.426 e. The minimum Gasteiger partial charge on any atom is -0.449 e. The lowest BCUT2D eigenvalue weighted by molar-refractivity contribution is 0.0903. The van der Waals surface area contributed by atoms with E-state index >= 15 is 0 Å². The quantitative estimate of drug-likeness (QED) is 0.472. The van der Waals surface area contributed by atoms with E-state index in [9.17, 15) is 19.2 Å². The summed E-state index contributed by atoms with van der Waals surface area (Å²) in [7, 11) is 0. The Hall–Kier alpha value is -2.34. The summed E-state index contributed by atoms with van der Waals surface area (Å²) in [5, 5.41) is 0. The fraction of sp³-hybridized carbons (Fsp3) is 0.286. The first-order valence-corrected chi connectivity index (χ1v) is 8.83. The standard InChI is InChI=1S/C14H16Br2N4O6/c1-3-25-13(23)19-17-11(21)7-5-10(16)8(6-9(7)15)12(22)18-20-14(24)26-4-2/h5-6H,3-4H2,1-2H3,(H,17,21)(H,18,22)(H,19,23)(H,20,24). The van der Waals surface area contributed by atoms with Crippen molar-refractivity contribution < 1.29 is 28.7 Å². The summed E-state index contributed by atoms with van der Waals surface area (Å²) in [6.45, 7) is 3.55. The van der Waals surface area contributed by atoms with Gasteiger partial charge in [-0.05, 0) is 57.8 Å². The van der Waals surface area contributed by atoms with Gasteiger partial charge in [0.1, 0.15) is 0 Å². The minimum atomic E-state index is -0.808. The maximum Gasteiger partial charge on any atom is 0.426 e. The summed E-state index contributed by atoms with van der Waals surface area (Å²) in [6.07, 6.45) is -1.62. The molecule has 0 heterocycles. The van der Waals surface area contributed by atoms with Crippen LogP contribution in [0.15, 0.2) is 21.1 Å². The summed E-state index contributed by atoms with van der Waals surface area (Å²) in [4.78, 5) is 46.5. The van der Waals surface area contributed by atoms with Crippen LogP contribution in [0.4, 0.5) is 9.59 Å². The van der Waals surface area contributed by atoms with Crippen LogP contribution >= 0.6 is 31.9 Å². The van der Waals surface area contributed by atoms with Crippen LogP contribution in [-0.4, -0.2) is 37.2 Å². The van der Waals surface area contributed by atoms with Gasteiger partial charge in [0.05, 0.1) is 24.3 Å². The number of carbonyl (C=O) groups is 4. The van der Waals surface area contributed by atoms with Crippen LogP contribution in [-0.2, 0) is 9.47 Å². The molecule has 12 heteroatoms. The van der Waals surface area contributed by atoms with Gasteiger partial charge in [0.2, 0.25) is 0 Å². The molecular weight excluding hydrogens is 480 g/mol. The van der Waals surface area contributed by atoms with Crippen molar-refractivity contribution in [2.75, 3.05) is 13.2 Å². The third-order valence-electron chi connectivity index (χ3n) is 2.65. The van der Waals surface area contributed by atoms with Crippen LogP contribution in [0.2, 0.25) is 0 Å². The molecule has 0 aliphatic carbocycles. The number of carbonyl (C=O) groups excluding carboxylic acids is 4. The molecule has 0 bridgehead atoms. The average molecular weight is 496 g/mol. The van der Waals surface area contributed by atoms with Gasteiger partial charge in [0.25, 0.3) is 11.8 Å². The molecule has 0 atom stereocenters. The lowest BCUT2D eigenvalue weighted by Gasteiger charge is -2.12. The highest BCUT2D eigenvalue weighted by molar-refractivity contribution is 9.11. The maximum absolute atomic E-state index is 12.1. The summed E-state index contributed by atoms with van der Waals surface area (Å²) >= 11 is 6.35. The molecular formula is C14H16Br2N4O6. The van der Waals surface area contributed by atoms with Crippen LogP contribution in [0, 0.1) is 0 Å². The van der Waals surface area contributed by atoms with Crippen LogP contribution in [0.1, 0.15) is 34.6 Å². The SMILES string of the molecule is CCOC(=O)NNC(=O)c1cc(Br)c(C(=O)NNC(=O)OCC)cc1Br. The van der Waals surface area contributed by atoms with Crippen molar-refractivity contribution in [3.63, 3.8) is 0 Å². The van der Waals surface area contributed by atoms with Crippen molar-refractivity contribution in [1.82, 2.24) is 21.7 Å². The largest absolute Gasteiger partial charge is 0.449 e. The predicted octanol–water partition coefficient (Wildman–Crippen LogP) is 1.99. The predicted molar refractivity (Wildman–Crippen MR) is 97.1 cm³/mol. The highest BCUT2D eigenvalue weighted by atomic mass is 79.9. The van der Waals surface area contributed by atoms with Gasteiger partial charge in [-0.3, -0.25) is 20.4 Å². The zero-order chi connectivity index (χ0) is 19.7. The highest BCUT2D eigenvalue weighted by Crippen LogP contribution is 2.26. The maximum atomic E-state index is 12.1. The number of hydrogen-bond acceptors (Lipinski definition) is 6. The summed E-state index contributed by atoms with van der Waals surface area (Å²) < 4.78 is 9.79. The van der Waals surface area contributed by atoms with Crippen molar-refractivity contribution in [3.05, 3.63) is 32.2 Å². The van der Waals surface area contributed by atoms with E-state index in [1.54, 1.807) is 13.8 Å². The summed E-state index contributed by atoms with van der Waals surface area (Å²) in [6, 6.07) is 2.73. The molecule has 0 saturated carbocycles. The van der Waals surface area contributed by atoms with E-state index in [4.69, 9.17) is 0 Å². The molecule has 26 heavy (non-hydrogen) atoms. The van der Waals surface area contributed by atoms with Crippen molar-refractivity contribution in [3.8, 4) is 0 Å². The molecule has 0 saturated heterocycles. The van der Waals surface area contributed by atoms with Gasteiger partial charge in [-0.25, -0.2) is 20.4 Å². The topological polar surface area (TPSA) is 135 Å². The van der Waals surface area contributed by atoms with E-state index in [-0.39, 0.29) is 33.3 Å². The van der Waals surface area contributed by atoms with E-state index in [0.29, 0.717) is 0 Å². The Morgan fingerprint density at radius 1 is 0.769 bits per heavy atom. The van der Waals surface area contributed by atoms with Crippen LogP contribution < -0.4 is 21.7 Å². The van der Waals surface area contributed by atoms with Gasteiger partial charge in [0.15, 0.2) is 0 Å². The van der Waals surface area contributed by atoms with E-state index in [1.807, 2.05) is 0 Å². The number of rotatable bonds is 4. The number of nitrogens with one attached hydrogen (secondary N) is 4. The zero-order valence-electron chi connectivity index (χ0n) is 13.8. The lowest BCUT2D eigenvalue weighted by Crippen LogP contribution is -2.42. The van der Waals surface area contributed by atoms with Gasteiger partial charge in [-0.15, -0.1) is 0 Å². The Kier molecular flexibility index (Phi) is 8.85. The Bertz CT molecular complexity index is 653. The van der Waals surface area contributed by atoms with Gasteiger partial charge in [0, 0.05) is 8.95 Å². The van der Waals surface area contributed by atoms with Crippen molar-refractivity contribution in [2.45, 2.75) is 13.8 Å². The summed E-state index contributed by atoms with van der Waals surface area (Å²) in [5.74, 6) is -1.27. The second-order valence-corrected chi connectivity index (χ2v) is 6.12. The Labute approximate surface area is 165 Å². The van der Waals surface area contributed by atoms with Crippen molar-refractivity contribution in [1.29, 1.82) is 0 Å². The van der Waals surface area contributed by atoms with E-state index in [0.717, 1.165) is 0 Å². The first-order valence-electron chi connectivity index (χ1n) is 7.25. The number of amides is 4. The Balaban J connectivity index is 2.80. The fourth-order valence-corrected chi connectivity index (χ4v) is 2.63. The van der Waals surface area contributed by atoms with Gasteiger partial charge >= 0.3 is 12.2 Å². The molecule has 0 fully saturated rings. The number of ether oxygens (including phenoxy) is 2. The Morgan fingerprint density at radius 3 is 1.42 bits per heavy atom. The molecule has 0 aromatic heterocycles. The molecule has 1 rings (SSSR count). The molecule has 0 aliphatic rings. The molecule has 0 aliphatic heterocycles. The molecule has 4 N–H and O–H groups in total. The third kappa shape index (κ3) is 6.52. The average Bonchev–Trinajstić information content (AvgIpc) is 2.59. The molecule has 1 aromatic carbocycles. The molecule has 0 radical (unpaired) electrons. The summed E-state index contributed by atoms with van der Waals surface area (Å²) in [5.41, 5.74) is 8.76. The third-order valence-corrected chi connectivity index (χ3v) is 3.97. The van der Waals surface area contributed by atoms with Crippen LogP contribution in [0.3, 0.4) is 0 Å². The second-order valence-electron chi connectivity index (χ2n) is 4.41. The van der Waals surface area contributed by atoms with E-state index < -0.39 is 24.0 Å². The van der Waals surface area contributed by atoms with Gasteiger partial charge in [-0.1, -0.05) is 0 Å². The Morgan fingerprint density at radius 2 is 1.12 bits per heavy atom. The molecule has 0 unspecified atom stereocenters. The van der Waals surface area contributed by atoms with Gasteiger partial charge < -0.3 is 9.47 Å².